The summed E-state index contributed by atoms with van der Waals surface area (Å²) in [6.07, 6.45) is 2.67. The van der Waals surface area contributed by atoms with Crippen LogP contribution in [0.1, 0.15) is 23.8 Å². The van der Waals surface area contributed by atoms with Crippen LogP contribution in [0.4, 0.5) is 5.69 Å². The summed E-state index contributed by atoms with van der Waals surface area (Å²) in [6, 6.07) is 11.0. The number of carbonyl (C=O) groups is 1. The van der Waals surface area contributed by atoms with Crippen molar-refractivity contribution in [1.29, 1.82) is 0 Å². The zero-order valence-electron chi connectivity index (χ0n) is 12.1. The Morgan fingerprint density at radius 3 is 2.71 bits per heavy atom. The van der Waals surface area contributed by atoms with E-state index in [0.29, 0.717) is 18.0 Å². The van der Waals surface area contributed by atoms with Gasteiger partial charge < -0.3 is 19.8 Å². The van der Waals surface area contributed by atoms with Gasteiger partial charge in [0.25, 0.3) is 0 Å². The summed E-state index contributed by atoms with van der Waals surface area (Å²) in [7, 11) is 0. The highest BCUT2D eigenvalue weighted by Gasteiger charge is 2.13. The predicted molar refractivity (Wildman–Crippen MR) is 81.4 cm³/mol. The van der Waals surface area contributed by atoms with Crippen LogP contribution >= 0.6 is 0 Å². The fraction of sp³-hybridized carbons (Fsp3) is 0.312. The van der Waals surface area contributed by atoms with Crippen molar-refractivity contribution in [2.24, 2.45) is 0 Å². The van der Waals surface area contributed by atoms with Crippen LogP contribution in [0.5, 0.6) is 5.75 Å². The molecule has 0 saturated carbocycles. The van der Waals surface area contributed by atoms with Gasteiger partial charge in [0.2, 0.25) is 0 Å². The molecule has 1 heterocycles. The number of anilines is 1. The van der Waals surface area contributed by atoms with Gasteiger partial charge in [-0.3, -0.25) is 0 Å². The quantitative estimate of drug-likeness (QED) is 0.628. The maximum absolute atomic E-state index is 12.0. The monoisotopic (exact) mass is 288 g/mol. The lowest BCUT2D eigenvalue weighted by Crippen LogP contribution is -2.15. The van der Waals surface area contributed by atoms with E-state index in [-0.39, 0.29) is 12.6 Å². The van der Waals surface area contributed by atoms with Gasteiger partial charge in [-0.1, -0.05) is 25.1 Å². The number of hydrogen-bond donors (Lipinski definition) is 1. The highest BCUT2D eigenvalue weighted by atomic mass is 16.6. The first-order chi connectivity index (χ1) is 10.2. The number of para-hydroxylation sites is 1. The highest BCUT2D eigenvalue weighted by molar-refractivity contribution is 5.89. The first-order valence-corrected chi connectivity index (χ1v) is 7.01. The van der Waals surface area contributed by atoms with E-state index in [4.69, 9.17) is 15.2 Å². The molecular weight excluding hydrogens is 268 g/mol. The molecule has 0 radical (unpaired) electrons. The second-order valence-electron chi connectivity index (χ2n) is 4.65. The third-order valence-corrected chi connectivity index (χ3v) is 2.92. The molecule has 2 N–H and O–H groups in total. The van der Waals surface area contributed by atoms with E-state index in [0.717, 1.165) is 18.7 Å². The van der Waals surface area contributed by atoms with Crippen LogP contribution in [0.15, 0.2) is 42.6 Å². The molecule has 0 bridgehead atoms. The van der Waals surface area contributed by atoms with Gasteiger partial charge in [0.1, 0.15) is 24.7 Å². The van der Waals surface area contributed by atoms with E-state index in [1.54, 1.807) is 12.3 Å². The van der Waals surface area contributed by atoms with E-state index >= 15 is 0 Å². The van der Waals surface area contributed by atoms with Crippen molar-refractivity contribution < 1.29 is 14.3 Å². The van der Waals surface area contributed by atoms with Gasteiger partial charge in [-0.25, -0.2) is 4.79 Å². The van der Waals surface area contributed by atoms with Gasteiger partial charge in [-0.15, -0.1) is 0 Å². The number of hydrogen-bond acceptors (Lipinski definition) is 4. The van der Waals surface area contributed by atoms with Gasteiger partial charge >= 0.3 is 5.97 Å². The summed E-state index contributed by atoms with van der Waals surface area (Å²) in [5.74, 6) is 0.379. The minimum atomic E-state index is -0.378. The lowest BCUT2D eigenvalue weighted by molar-refractivity contribution is 0.0438. The first kappa shape index (κ1) is 15.0. The Kier molecular flexibility index (Phi) is 5.26. The number of nitrogens with zero attached hydrogens (tertiary/aromatic N) is 1. The average molecular weight is 288 g/mol. The van der Waals surface area contributed by atoms with Crippen molar-refractivity contribution in [3.05, 3.63) is 48.3 Å². The number of nitrogen functional groups attached to an aromatic ring is 1. The molecule has 5 heteroatoms. The lowest BCUT2D eigenvalue weighted by atomic mass is 10.3. The number of nitrogens with two attached hydrogens (primary N) is 1. The molecule has 0 fully saturated rings. The van der Waals surface area contributed by atoms with Gasteiger partial charge in [0.05, 0.1) is 5.69 Å². The standard InChI is InChI=1S/C16H20N2O3/c1-2-8-18-12-13(17)11-15(18)16(19)21-10-9-20-14-6-4-3-5-7-14/h3-7,11-12H,2,8-10,17H2,1H3. The third-order valence-electron chi connectivity index (χ3n) is 2.92. The number of esters is 1. The number of aryl methyl sites for hydroxylation is 1. The van der Waals surface area contributed by atoms with Crippen LogP contribution in [0, 0.1) is 0 Å². The lowest BCUT2D eigenvalue weighted by Gasteiger charge is -2.09. The molecule has 21 heavy (non-hydrogen) atoms. The van der Waals surface area contributed by atoms with Crippen molar-refractivity contribution >= 4 is 11.7 Å². The Morgan fingerprint density at radius 1 is 1.24 bits per heavy atom. The molecule has 2 rings (SSSR count). The normalized spacial score (nSPS) is 10.3. The van der Waals surface area contributed by atoms with Crippen molar-refractivity contribution in [3.8, 4) is 5.75 Å². The molecule has 0 spiro atoms. The molecule has 5 nitrogen and oxygen atoms in total. The van der Waals surface area contributed by atoms with Crippen LogP contribution in [0.2, 0.25) is 0 Å². The minimum Gasteiger partial charge on any atom is -0.490 e. The SMILES string of the molecule is CCCn1cc(N)cc1C(=O)OCCOc1ccccc1. The van der Waals surface area contributed by atoms with Crippen molar-refractivity contribution in [2.75, 3.05) is 18.9 Å². The molecule has 0 aliphatic carbocycles. The topological polar surface area (TPSA) is 66.5 Å². The largest absolute Gasteiger partial charge is 0.490 e. The highest BCUT2D eigenvalue weighted by Crippen LogP contribution is 2.13. The molecule has 0 atom stereocenters. The van der Waals surface area contributed by atoms with Crippen LogP contribution in [0.25, 0.3) is 0 Å². The fourth-order valence-corrected chi connectivity index (χ4v) is 2.01. The molecule has 2 aromatic rings. The molecule has 0 saturated heterocycles. The molecule has 0 aliphatic rings. The van der Waals surface area contributed by atoms with E-state index in [9.17, 15) is 4.79 Å². The second kappa shape index (κ2) is 7.38. The number of benzene rings is 1. The van der Waals surface area contributed by atoms with Gasteiger partial charge in [-0.2, -0.15) is 0 Å². The Morgan fingerprint density at radius 2 is 2.00 bits per heavy atom. The van der Waals surface area contributed by atoms with Crippen LogP contribution in [-0.2, 0) is 11.3 Å². The zero-order chi connectivity index (χ0) is 15.1. The Bertz CT molecular complexity index is 578. The Balaban J connectivity index is 1.82. The summed E-state index contributed by atoms with van der Waals surface area (Å²) in [5, 5.41) is 0. The maximum atomic E-state index is 12.0. The molecule has 112 valence electrons. The van der Waals surface area contributed by atoms with E-state index in [2.05, 4.69) is 0 Å². The van der Waals surface area contributed by atoms with Crippen molar-refractivity contribution in [3.63, 3.8) is 0 Å². The smallest absolute Gasteiger partial charge is 0.355 e. The summed E-state index contributed by atoms with van der Waals surface area (Å²) in [4.78, 5) is 12.0. The van der Waals surface area contributed by atoms with E-state index in [1.165, 1.54) is 0 Å². The number of carbonyl (C=O) groups excluding carboxylic acids is 1. The van der Waals surface area contributed by atoms with Crippen LogP contribution in [0.3, 0.4) is 0 Å². The zero-order valence-corrected chi connectivity index (χ0v) is 12.1. The molecule has 1 aromatic carbocycles. The molecular formula is C16H20N2O3. The number of ether oxygens (including phenoxy) is 2. The Hall–Kier alpha value is -2.43. The van der Waals surface area contributed by atoms with Gasteiger partial charge in [-0.05, 0) is 24.6 Å². The minimum absolute atomic E-state index is 0.199. The summed E-state index contributed by atoms with van der Waals surface area (Å²) < 4.78 is 12.5. The summed E-state index contributed by atoms with van der Waals surface area (Å²) in [5.41, 5.74) is 6.77. The van der Waals surface area contributed by atoms with E-state index in [1.807, 2.05) is 41.8 Å². The summed E-state index contributed by atoms with van der Waals surface area (Å²) >= 11 is 0. The number of aromatic nitrogens is 1. The van der Waals surface area contributed by atoms with Crippen molar-refractivity contribution in [1.82, 2.24) is 4.57 Å². The molecule has 0 unspecified atom stereocenters. The fourth-order valence-electron chi connectivity index (χ4n) is 2.01. The van der Waals surface area contributed by atoms with Crippen LogP contribution < -0.4 is 10.5 Å². The second-order valence-corrected chi connectivity index (χ2v) is 4.65. The third kappa shape index (κ3) is 4.27. The van der Waals surface area contributed by atoms with Gasteiger partial charge in [0.15, 0.2) is 0 Å². The maximum Gasteiger partial charge on any atom is 0.355 e. The van der Waals surface area contributed by atoms with E-state index < -0.39 is 0 Å². The first-order valence-electron chi connectivity index (χ1n) is 7.01. The molecule has 0 amide bonds. The summed E-state index contributed by atoms with van der Waals surface area (Å²) in [6.45, 7) is 3.30. The van der Waals surface area contributed by atoms with Crippen molar-refractivity contribution in [2.45, 2.75) is 19.9 Å². The predicted octanol–water partition coefficient (Wildman–Crippen LogP) is 2.72. The van der Waals surface area contributed by atoms with Crippen LogP contribution in [-0.4, -0.2) is 23.8 Å². The number of rotatable bonds is 7. The molecule has 1 aromatic heterocycles. The Labute approximate surface area is 124 Å². The average Bonchev–Trinajstić information content (AvgIpc) is 2.86. The van der Waals surface area contributed by atoms with Gasteiger partial charge in [0, 0.05) is 12.7 Å². The molecule has 0 aliphatic heterocycles.